The van der Waals surface area contributed by atoms with Crippen LogP contribution in [0.3, 0.4) is 0 Å². The number of hydrogen-bond donors (Lipinski definition) is 0. The van der Waals surface area contributed by atoms with Crippen LogP contribution in [0.4, 0.5) is 8.78 Å². The van der Waals surface area contributed by atoms with Crippen LogP contribution in [0.25, 0.3) is 0 Å². The van der Waals surface area contributed by atoms with Crippen molar-refractivity contribution in [2.24, 2.45) is 5.41 Å². The van der Waals surface area contributed by atoms with Crippen LogP contribution in [-0.4, -0.2) is 10.9 Å². The Balaban J connectivity index is 2.12. The molecule has 1 nitrogen and oxygen atoms in total. The Morgan fingerprint density at radius 2 is 2.18 bits per heavy atom. The molecule has 1 aliphatic carbocycles. The molecule has 0 saturated heterocycles. The zero-order valence-corrected chi connectivity index (χ0v) is 11.4. The predicted octanol–water partition coefficient (Wildman–Crippen LogP) is 4.30. The van der Waals surface area contributed by atoms with E-state index in [1.807, 2.05) is 0 Å². The third-order valence-corrected chi connectivity index (χ3v) is 5.22. The molecular formula is C13H15BrF2O. The lowest BCUT2D eigenvalue weighted by Crippen LogP contribution is -2.54. The maximum absolute atomic E-state index is 13.4. The first-order valence-electron chi connectivity index (χ1n) is 5.73. The second-order valence-electron chi connectivity index (χ2n) is 4.74. The second kappa shape index (κ2) is 4.56. The molecule has 0 amide bonds. The van der Waals surface area contributed by atoms with Crippen LogP contribution in [0.5, 0.6) is 5.75 Å². The van der Waals surface area contributed by atoms with E-state index in [1.54, 1.807) is 0 Å². The molecule has 3 atom stereocenters. The van der Waals surface area contributed by atoms with Gasteiger partial charge in [-0.2, -0.15) is 0 Å². The molecule has 17 heavy (non-hydrogen) atoms. The van der Waals surface area contributed by atoms with E-state index >= 15 is 0 Å². The molecule has 0 radical (unpaired) electrons. The summed E-state index contributed by atoms with van der Waals surface area (Å²) in [6.07, 6.45) is 1.79. The van der Waals surface area contributed by atoms with Crippen LogP contribution >= 0.6 is 15.9 Å². The molecule has 3 unspecified atom stereocenters. The highest BCUT2D eigenvalue weighted by Gasteiger charge is 2.51. The summed E-state index contributed by atoms with van der Waals surface area (Å²) in [5.74, 6) is -1.09. The van der Waals surface area contributed by atoms with Crippen molar-refractivity contribution in [3.8, 4) is 5.75 Å². The number of ether oxygens (including phenoxy) is 1. The topological polar surface area (TPSA) is 9.23 Å². The van der Waals surface area contributed by atoms with Crippen LogP contribution in [-0.2, 0) is 0 Å². The summed E-state index contributed by atoms with van der Waals surface area (Å²) in [5, 5.41) is 0. The monoisotopic (exact) mass is 304 g/mol. The quantitative estimate of drug-likeness (QED) is 0.757. The number of hydrogen-bond acceptors (Lipinski definition) is 1. The van der Waals surface area contributed by atoms with Crippen molar-refractivity contribution in [3.05, 3.63) is 29.8 Å². The van der Waals surface area contributed by atoms with Gasteiger partial charge >= 0.3 is 0 Å². The molecule has 0 aliphatic heterocycles. The predicted molar refractivity (Wildman–Crippen MR) is 66.5 cm³/mol. The molecule has 0 aromatic heterocycles. The molecule has 1 aromatic carbocycles. The fraction of sp³-hybridized carbons (Fsp3) is 0.538. The van der Waals surface area contributed by atoms with Gasteiger partial charge in [-0.05, 0) is 25.0 Å². The van der Waals surface area contributed by atoms with E-state index < -0.39 is 11.6 Å². The molecule has 1 saturated carbocycles. The fourth-order valence-electron chi connectivity index (χ4n) is 2.12. The van der Waals surface area contributed by atoms with E-state index in [0.29, 0.717) is 4.83 Å². The summed E-state index contributed by atoms with van der Waals surface area (Å²) in [6.45, 7) is 4.20. The lowest BCUT2D eigenvalue weighted by molar-refractivity contribution is -0.0264. The number of benzene rings is 1. The van der Waals surface area contributed by atoms with Crippen LogP contribution in [0.15, 0.2) is 18.2 Å². The van der Waals surface area contributed by atoms with Gasteiger partial charge in [0.25, 0.3) is 0 Å². The van der Waals surface area contributed by atoms with Gasteiger partial charge in [0.05, 0.1) is 0 Å². The first kappa shape index (κ1) is 12.8. The molecule has 1 aromatic rings. The van der Waals surface area contributed by atoms with Gasteiger partial charge in [0.2, 0.25) is 0 Å². The molecule has 4 heteroatoms. The van der Waals surface area contributed by atoms with Crippen molar-refractivity contribution in [2.45, 2.75) is 37.6 Å². The summed E-state index contributed by atoms with van der Waals surface area (Å²) in [5.41, 5.74) is 0.0147. The minimum Gasteiger partial charge on any atom is -0.487 e. The van der Waals surface area contributed by atoms with Crippen LogP contribution in [0, 0.1) is 17.0 Å². The number of rotatable bonds is 3. The molecule has 2 rings (SSSR count). The van der Waals surface area contributed by atoms with Gasteiger partial charge in [-0.15, -0.1) is 0 Å². The van der Waals surface area contributed by atoms with Crippen LogP contribution in [0.1, 0.15) is 26.7 Å². The molecule has 1 aliphatic rings. The molecule has 94 valence electrons. The summed E-state index contributed by atoms with van der Waals surface area (Å²) >= 11 is 3.59. The van der Waals surface area contributed by atoms with E-state index in [-0.39, 0.29) is 17.3 Å². The van der Waals surface area contributed by atoms with E-state index in [2.05, 4.69) is 29.8 Å². The lowest BCUT2D eigenvalue weighted by Gasteiger charge is -2.50. The highest BCUT2D eigenvalue weighted by atomic mass is 79.9. The largest absolute Gasteiger partial charge is 0.487 e. The van der Waals surface area contributed by atoms with Gasteiger partial charge in [0.15, 0.2) is 11.6 Å². The Bertz CT molecular complexity index is 424. The standard InChI is InChI=1S/C13H15BrF2O/c1-3-13(2)11(14)7-12(13)17-10-5-4-8(15)6-9(10)16/h4-6,11-12H,3,7H2,1-2H3. The average Bonchev–Trinajstić information content (AvgIpc) is 2.30. The normalized spacial score (nSPS) is 32.1. The van der Waals surface area contributed by atoms with Crippen molar-refractivity contribution >= 4 is 15.9 Å². The molecule has 0 spiro atoms. The van der Waals surface area contributed by atoms with Crippen molar-refractivity contribution in [1.82, 2.24) is 0 Å². The van der Waals surface area contributed by atoms with Crippen LogP contribution in [0.2, 0.25) is 0 Å². The Morgan fingerprint density at radius 3 is 2.71 bits per heavy atom. The highest BCUT2D eigenvalue weighted by molar-refractivity contribution is 9.09. The first-order chi connectivity index (χ1) is 7.97. The van der Waals surface area contributed by atoms with Gasteiger partial charge in [-0.1, -0.05) is 29.8 Å². The first-order valence-corrected chi connectivity index (χ1v) is 6.64. The van der Waals surface area contributed by atoms with E-state index in [9.17, 15) is 8.78 Å². The zero-order chi connectivity index (χ0) is 12.6. The van der Waals surface area contributed by atoms with Gasteiger partial charge in [-0.3, -0.25) is 0 Å². The maximum Gasteiger partial charge on any atom is 0.167 e. The molecule has 0 bridgehead atoms. The SMILES string of the molecule is CCC1(C)C(Br)CC1Oc1ccc(F)cc1F. The molecule has 0 heterocycles. The Morgan fingerprint density at radius 1 is 1.47 bits per heavy atom. The molecule has 0 N–H and O–H groups in total. The van der Waals surface area contributed by atoms with E-state index in [4.69, 9.17) is 4.74 Å². The van der Waals surface area contributed by atoms with Crippen LogP contribution < -0.4 is 4.74 Å². The molecule has 1 fully saturated rings. The average molecular weight is 305 g/mol. The maximum atomic E-state index is 13.4. The minimum absolute atomic E-state index is 0.0147. The van der Waals surface area contributed by atoms with Crippen molar-refractivity contribution in [2.75, 3.05) is 0 Å². The van der Waals surface area contributed by atoms with Gasteiger partial charge in [0, 0.05) is 16.3 Å². The highest BCUT2D eigenvalue weighted by Crippen LogP contribution is 2.50. The van der Waals surface area contributed by atoms with Crippen molar-refractivity contribution in [3.63, 3.8) is 0 Å². The Kier molecular flexibility index (Phi) is 3.43. The summed E-state index contributed by atoms with van der Waals surface area (Å²) in [6, 6.07) is 3.41. The fourth-order valence-corrected chi connectivity index (χ4v) is 3.08. The zero-order valence-electron chi connectivity index (χ0n) is 9.84. The lowest BCUT2D eigenvalue weighted by atomic mass is 9.65. The number of alkyl halides is 1. The Labute approximate surface area is 108 Å². The third-order valence-electron chi connectivity index (χ3n) is 3.80. The van der Waals surface area contributed by atoms with E-state index in [0.717, 1.165) is 18.9 Å². The smallest absolute Gasteiger partial charge is 0.167 e. The summed E-state index contributed by atoms with van der Waals surface area (Å²) in [4.78, 5) is 0.397. The second-order valence-corrected chi connectivity index (χ2v) is 5.85. The van der Waals surface area contributed by atoms with Crippen molar-refractivity contribution < 1.29 is 13.5 Å². The third kappa shape index (κ3) is 2.19. The van der Waals surface area contributed by atoms with Gasteiger partial charge < -0.3 is 4.74 Å². The number of halogens is 3. The summed E-state index contributed by atoms with van der Waals surface area (Å²) < 4.78 is 31.8. The van der Waals surface area contributed by atoms with Gasteiger partial charge in [0.1, 0.15) is 11.9 Å². The Hall–Kier alpha value is -0.640. The minimum atomic E-state index is -0.638. The van der Waals surface area contributed by atoms with E-state index in [1.165, 1.54) is 12.1 Å². The molecular weight excluding hydrogens is 290 g/mol. The van der Waals surface area contributed by atoms with Gasteiger partial charge in [-0.25, -0.2) is 8.78 Å². The van der Waals surface area contributed by atoms with Crippen molar-refractivity contribution in [1.29, 1.82) is 0 Å². The summed E-state index contributed by atoms with van der Waals surface area (Å²) in [7, 11) is 0.